The number of benzene rings is 2. The van der Waals surface area contributed by atoms with Crippen LogP contribution in [0.2, 0.25) is 0 Å². The third kappa shape index (κ3) is 3.19. The lowest BCUT2D eigenvalue weighted by atomic mass is 9.64. The molecule has 2 aromatic heterocycles. The second kappa shape index (κ2) is 7.31. The first-order chi connectivity index (χ1) is 15.9. The molecule has 0 unspecified atom stereocenters. The fraction of sp³-hybridized carbons (Fsp3) is 0.348. The molecule has 6 rings (SSSR count). The Bertz CT molecular complexity index is 1410. The number of ether oxygens (including phenoxy) is 1. The highest BCUT2D eigenvalue weighted by molar-refractivity contribution is 5.76. The average Bonchev–Trinajstić information content (AvgIpc) is 3.33. The lowest BCUT2D eigenvalue weighted by molar-refractivity contribution is -0.174. The largest absolute Gasteiger partial charge is 0.415 e. The van der Waals surface area contributed by atoms with Crippen LogP contribution >= 0.6 is 0 Å². The Labute approximate surface area is 185 Å². The summed E-state index contributed by atoms with van der Waals surface area (Å²) in [5, 5.41) is 6.81. The number of halogens is 3. The molecule has 0 radical (unpaired) electrons. The van der Waals surface area contributed by atoms with Crippen molar-refractivity contribution in [2.24, 2.45) is 5.41 Å². The zero-order valence-corrected chi connectivity index (χ0v) is 17.4. The minimum absolute atomic E-state index is 0.0333. The molecule has 0 N–H and O–H groups in total. The Morgan fingerprint density at radius 1 is 1.09 bits per heavy atom. The SMILES string of the molecule is O=c1n(Cc2ccc(-c3nnc(C(F)F)o3)cc2F)c2ccccc2n1C1CC2(COC2)C1. The molecule has 0 atom stereocenters. The number of hydrogen-bond acceptors (Lipinski definition) is 5. The maximum absolute atomic E-state index is 14.9. The number of hydrogen-bond donors (Lipinski definition) is 0. The van der Waals surface area contributed by atoms with Crippen LogP contribution in [0.3, 0.4) is 0 Å². The third-order valence-corrected chi connectivity index (χ3v) is 6.64. The fourth-order valence-corrected chi connectivity index (χ4v) is 4.91. The van der Waals surface area contributed by atoms with Crippen molar-refractivity contribution in [3.63, 3.8) is 0 Å². The third-order valence-electron chi connectivity index (χ3n) is 6.64. The maximum atomic E-state index is 14.9. The Morgan fingerprint density at radius 2 is 1.85 bits per heavy atom. The molecule has 170 valence electrons. The van der Waals surface area contributed by atoms with Crippen molar-refractivity contribution in [2.75, 3.05) is 13.2 Å². The van der Waals surface area contributed by atoms with E-state index < -0.39 is 18.1 Å². The summed E-state index contributed by atoms with van der Waals surface area (Å²) < 4.78 is 53.9. The first-order valence-electron chi connectivity index (χ1n) is 10.6. The summed E-state index contributed by atoms with van der Waals surface area (Å²) in [6, 6.07) is 11.8. The Balaban J connectivity index is 1.33. The van der Waals surface area contributed by atoms with Crippen LogP contribution < -0.4 is 5.69 Å². The van der Waals surface area contributed by atoms with Crippen molar-refractivity contribution in [3.8, 4) is 11.5 Å². The van der Waals surface area contributed by atoms with E-state index in [4.69, 9.17) is 9.15 Å². The van der Waals surface area contributed by atoms with Crippen molar-refractivity contribution in [2.45, 2.75) is 31.9 Å². The van der Waals surface area contributed by atoms with Crippen molar-refractivity contribution in [1.29, 1.82) is 0 Å². The van der Waals surface area contributed by atoms with Crippen LogP contribution in [0.4, 0.5) is 13.2 Å². The van der Waals surface area contributed by atoms with Crippen LogP contribution in [-0.2, 0) is 11.3 Å². The fourth-order valence-electron chi connectivity index (χ4n) is 4.91. The summed E-state index contributed by atoms with van der Waals surface area (Å²) >= 11 is 0. The van der Waals surface area contributed by atoms with Crippen molar-refractivity contribution in [1.82, 2.24) is 19.3 Å². The molecular weight excluding hydrogens is 437 g/mol. The van der Waals surface area contributed by atoms with E-state index in [1.165, 1.54) is 12.1 Å². The monoisotopic (exact) mass is 456 g/mol. The predicted molar refractivity (Wildman–Crippen MR) is 111 cm³/mol. The van der Waals surface area contributed by atoms with E-state index in [1.807, 2.05) is 28.8 Å². The predicted octanol–water partition coefficient (Wildman–Crippen LogP) is 4.33. The Hall–Kier alpha value is -3.40. The summed E-state index contributed by atoms with van der Waals surface area (Å²) in [7, 11) is 0. The van der Waals surface area contributed by atoms with Gasteiger partial charge in [0, 0.05) is 22.6 Å². The van der Waals surface area contributed by atoms with Gasteiger partial charge in [0.25, 0.3) is 5.89 Å². The van der Waals surface area contributed by atoms with Gasteiger partial charge in [-0.25, -0.2) is 9.18 Å². The van der Waals surface area contributed by atoms with Gasteiger partial charge in [0.05, 0.1) is 30.8 Å². The number of alkyl halides is 2. The summed E-state index contributed by atoms with van der Waals surface area (Å²) in [5.41, 5.74) is 2.05. The standard InChI is InChI=1S/C23H19F3N4O3/c24-16-7-13(20-27-28-21(33-20)19(25)26)5-6-14(16)10-29-17-3-1-2-4-18(17)30(22(29)31)15-8-23(9-15)11-32-12-23/h1-7,15,19H,8-12H2. The Morgan fingerprint density at radius 3 is 2.48 bits per heavy atom. The van der Waals surface area contributed by atoms with Gasteiger partial charge < -0.3 is 9.15 Å². The molecule has 2 aliphatic rings. The Kier molecular flexibility index (Phi) is 4.48. The van der Waals surface area contributed by atoms with Crippen LogP contribution in [0, 0.1) is 11.2 Å². The molecule has 4 aromatic rings. The van der Waals surface area contributed by atoms with Gasteiger partial charge in [-0.1, -0.05) is 18.2 Å². The number of aromatic nitrogens is 4. The average molecular weight is 456 g/mol. The number of imidazole rings is 1. The molecule has 0 amide bonds. The summed E-state index contributed by atoms with van der Waals surface area (Å²) in [4.78, 5) is 13.4. The molecule has 1 spiro atoms. The van der Waals surface area contributed by atoms with Gasteiger partial charge in [-0.05, 0) is 37.1 Å². The van der Waals surface area contributed by atoms with E-state index in [0.717, 1.165) is 43.2 Å². The van der Waals surface area contributed by atoms with E-state index >= 15 is 0 Å². The lowest BCUT2D eigenvalue weighted by Gasteiger charge is -2.53. The molecule has 10 heteroatoms. The van der Waals surface area contributed by atoms with Crippen molar-refractivity contribution >= 4 is 11.0 Å². The molecule has 0 bridgehead atoms. The number of nitrogens with zero attached hydrogens (tertiary/aromatic N) is 4. The van der Waals surface area contributed by atoms with E-state index in [9.17, 15) is 18.0 Å². The van der Waals surface area contributed by atoms with Crippen LogP contribution in [0.25, 0.3) is 22.5 Å². The van der Waals surface area contributed by atoms with E-state index in [0.29, 0.717) is 0 Å². The number of para-hydroxylation sites is 2. The van der Waals surface area contributed by atoms with Gasteiger partial charge >= 0.3 is 12.1 Å². The van der Waals surface area contributed by atoms with Gasteiger partial charge in [-0.15, -0.1) is 10.2 Å². The van der Waals surface area contributed by atoms with Gasteiger partial charge in [0.1, 0.15) is 5.82 Å². The molecule has 3 heterocycles. The van der Waals surface area contributed by atoms with Crippen molar-refractivity contribution < 1.29 is 22.3 Å². The molecule has 1 aliphatic heterocycles. The van der Waals surface area contributed by atoms with Gasteiger partial charge in [0.15, 0.2) is 0 Å². The summed E-state index contributed by atoms with van der Waals surface area (Å²) in [6.45, 7) is 1.52. The van der Waals surface area contributed by atoms with Crippen molar-refractivity contribution in [3.05, 3.63) is 70.2 Å². The highest BCUT2D eigenvalue weighted by atomic mass is 19.3. The second-order valence-electron chi connectivity index (χ2n) is 8.83. The minimum atomic E-state index is -2.90. The minimum Gasteiger partial charge on any atom is -0.415 e. The molecule has 1 saturated heterocycles. The van der Waals surface area contributed by atoms with E-state index in [-0.39, 0.29) is 40.7 Å². The molecule has 7 nitrogen and oxygen atoms in total. The number of rotatable bonds is 5. The molecule has 1 aliphatic carbocycles. The van der Waals surface area contributed by atoms with Crippen LogP contribution in [0.15, 0.2) is 51.7 Å². The van der Waals surface area contributed by atoms with Gasteiger partial charge in [-0.2, -0.15) is 8.78 Å². The highest BCUT2D eigenvalue weighted by Crippen LogP contribution is 2.53. The zero-order valence-electron chi connectivity index (χ0n) is 17.4. The van der Waals surface area contributed by atoms with Crippen LogP contribution in [0.1, 0.15) is 36.8 Å². The summed E-state index contributed by atoms with van der Waals surface area (Å²) in [6.07, 6.45) is -1.11. The zero-order chi connectivity index (χ0) is 22.7. The van der Waals surface area contributed by atoms with E-state index in [1.54, 1.807) is 4.57 Å². The van der Waals surface area contributed by atoms with E-state index in [2.05, 4.69) is 10.2 Å². The summed E-state index contributed by atoms with van der Waals surface area (Å²) in [5.74, 6) is -1.61. The second-order valence-corrected chi connectivity index (χ2v) is 8.83. The maximum Gasteiger partial charge on any atom is 0.329 e. The quantitative estimate of drug-likeness (QED) is 0.447. The molecule has 2 aromatic carbocycles. The first kappa shape index (κ1) is 20.2. The van der Waals surface area contributed by atoms with Gasteiger partial charge in [-0.3, -0.25) is 9.13 Å². The molecule has 2 fully saturated rings. The lowest BCUT2D eigenvalue weighted by Crippen LogP contribution is -2.53. The normalized spacial score (nSPS) is 17.6. The van der Waals surface area contributed by atoms with Crippen LogP contribution in [-0.4, -0.2) is 32.5 Å². The first-order valence-corrected chi connectivity index (χ1v) is 10.6. The highest BCUT2D eigenvalue weighted by Gasteiger charge is 2.51. The number of fused-ring (bicyclic) bond motifs is 1. The smallest absolute Gasteiger partial charge is 0.329 e. The van der Waals surface area contributed by atoms with Crippen LogP contribution in [0.5, 0.6) is 0 Å². The topological polar surface area (TPSA) is 75.1 Å². The molecular formula is C23H19F3N4O3. The molecule has 33 heavy (non-hydrogen) atoms. The van der Waals surface area contributed by atoms with Gasteiger partial charge in [0.2, 0.25) is 5.89 Å². The molecule has 1 saturated carbocycles.